The van der Waals surface area contributed by atoms with Crippen molar-refractivity contribution in [3.63, 3.8) is 0 Å². The maximum Gasteiger partial charge on any atom is 3.00 e. The molecule has 0 saturated carbocycles. The van der Waals surface area contributed by atoms with Gasteiger partial charge in [-0.15, -0.1) is 0 Å². The summed E-state index contributed by atoms with van der Waals surface area (Å²) in [7, 11) is 0. The van der Waals surface area contributed by atoms with Crippen LogP contribution in [0.2, 0.25) is 0 Å². The quantitative estimate of drug-likeness (QED) is 0.306. The molecule has 0 atom stereocenters. The molecular formula is CH18FeMg4O19-5. The van der Waals surface area contributed by atoms with Gasteiger partial charge in [0.15, 0.2) is 0 Å². The van der Waals surface area contributed by atoms with E-state index in [0.29, 0.717) is 0 Å². The minimum atomic E-state index is -1.83. The van der Waals surface area contributed by atoms with E-state index >= 15 is 0 Å². The summed E-state index contributed by atoms with van der Waals surface area (Å²) in [5.74, 6) is 0. The monoisotopic (exact) mass is 486 g/mol. The maximum absolute atomic E-state index is 8.56. The van der Waals surface area contributed by atoms with Crippen LogP contribution in [0.5, 0.6) is 0 Å². The topological polar surface area (TPSA) is 538 Å². The van der Waals surface area contributed by atoms with Gasteiger partial charge in [0, 0.05) is 0 Å². The van der Waals surface area contributed by atoms with Crippen LogP contribution in [0.25, 0.3) is 0 Å². The molecule has 24 heteroatoms. The van der Waals surface area contributed by atoms with Gasteiger partial charge in [-0.05, 0) is 0 Å². The minimum absolute atomic E-state index is 0. The predicted octanol–water partition coefficient (Wildman–Crippen LogP) is -4.13. The van der Waals surface area contributed by atoms with Gasteiger partial charge in [-0.1, -0.05) is 0 Å². The Labute approximate surface area is 216 Å². The summed E-state index contributed by atoms with van der Waals surface area (Å²) >= 11 is 0. The van der Waals surface area contributed by atoms with Crippen LogP contribution in [0.15, 0.2) is 0 Å². The first-order valence-corrected chi connectivity index (χ1v) is 0.651. The molecule has 0 aliphatic heterocycles. The molecule has 0 bridgehead atoms. The van der Waals surface area contributed by atoms with E-state index in [4.69, 9.17) is 15.0 Å². The fourth-order valence-corrected chi connectivity index (χ4v) is 0. The Morgan fingerprint density at radius 3 is 0.360 bits per heavy atom. The van der Waals surface area contributed by atoms with Crippen LogP contribution in [-0.2, 0) is 17.1 Å². The molecule has 0 heterocycles. The van der Waals surface area contributed by atoms with Crippen molar-refractivity contribution in [3.8, 4) is 0 Å². The van der Waals surface area contributed by atoms with E-state index in [1.165, 1.54) is 0 Å². The third-order valence-corrected chi connectivity index (χ3v) is 0. The molecule has 157 valence electrons. The third-order valence-electron chi connectivity index (χ3n) is 0. The smallest absolute Gasteiger partial charge is 0.870 e. The molecule has 0 aromatic heterocycles. The Kier molecular flexibility index (Phi) is 16900. The van der Waals surface area contributed by atoms with Gasteiger partial charge in [-0.25, -0.2) is 4.79 Å². The summed E-state index contributed by atoms with van der Waals surface area (Å²) in [6, 6.07) is 0. The van der Waals surface area contributed by atoms with E-state index in [0.717, 1.165) is 0 Å². The zero-order valence-corrected chi connectivity index (χ0v) is 18.9. The molecule has 0 rings (SSSR count). The molecule has 0 aromatic carbocycles. The fourth-order valence-electron chi connectivity index (χ4n) is 0. The van der Waals surface area contributed by atoms with Crippen molar-refractivity contribution in [1.29, 1.82) is 0 Å². The molecule has 25 heavy (non-hydrogen) atoms. The third kappa shape index (κ3) is 3130. The summed E-state index contributed by atoms with van der Waals surface area (Å²) < 4.78 is 0. The molecule has 0 aromatic rings. The number of hydrogen-bond acceptors (Lipinski definition) is 17. The van der Waals surface area contributed by atoms with Crippen LogP contribution in [0.3, 0.4) is 0 Å². The van der Waals surface area contributed by atoms with Crippen molar-refractivity contribution in [2.45, 2.75) is 0 Å². The molecule has 0 unspecified atom stereocenters. The van der Waals surface area contributed by atoms with E-state index in [-0.39, 0.29) is 197 Å². The standard InChI is InChI=1S/CH2O3.Fe.4Mg.16H2O/c2-1(3)4;;;;;;;;;;;;;;;;;;;;;/h(H2,2,3,4);;;;;;16*1H2/q;+3;4*+2;;;;;;;;;;;;;;;;/p-16. The van der Waals surface area contributed by atoms with Crippen molar-refractivity contribution >= 4 is 98.4 Å². The van der Waals surface area contributed by atoms with Crippen LogP contribution in [0.4, 0.5) is 4.79 Å². The first kappa shape index (κ1) is 688. The van der Waals surface area contributed by atoms with Crippen molar-refractivity contribution < 1.29 is 120 Å². The van der Waals surface area contributed by atoms with Crippen molar-refractivity contribution in [2.24, 2.45) is 0 Å². The Hall–Kier alpha value is 2.21. The van der Waals surface area contributed by atoms with Gasteiger partial charge in [0.2, 0.25) is 0 Å². The van der Waals surface area contributed by atoms with Crippen LogP contribution in [0, 0.1) is 0 Å². The van der Waals surface area contributed by atoms with Crippen LogP contribution in [0.1, 0.15) is 0 Å². The fraction of sp³-hybridized carbons (Fsp3) is 0. The van der Waals surface area contributed by atoms with Gasteiger partial charge in [0.1, 0.15) is 0 Å². The largest absolute Gasteiger partial charge is 3.00 e. The molecule has 0 aliphatic rings. The molecule has 0 amide bonds. The Morgan fingerprint density at radius 1 is 0.360 bits per heavy atom. The first-order chi connectivity index (χ1) is 1.73. The van der Waals surface area contributed by atoms with Crippen LogP contribution >= 0.6 is 0 Å². The van der Waals surface area contributed by atoms with E-state index in [2.05, 4.69) is 0 Å². The zero-order valence-electron chi connectivity index (χ0n) is 12.1. The average Bonchev–Trinajstić information content (AvgIpc) is 0.811. The molecule has 18 N–H and O–H groups in total. The normalized spacial score (nSPS) is 0.960. The number of hydrogen-bond donors (Lipinski definition) is 2. The van der Waals surface area contributed by atoms with Gasteiger partial charge in [-0.2, -0.15) is 0 Å². The van der Waals surface area contributed by atoms with Crippen molar-refractivity contribution in [3.05, 3.63) is 0 Å². The van der Waals surface area contributed by atoms with Crippen molar-refractivity contribution in [2.75, 3.05) is 0 Å². The van der Waals surface area contributed by atoms with Crippen LogP contribution in [-0.4, -0.2) is 196 Å². The first-order valence-electron chi connectivity index (χ1n) is 0.651. The van der Waals surface area contributed by atoms with Gasteiger partial charge < -0.3 is 97.8 Å². The van der Waals surface area contributed by atoms with Crippen molar-refractivity contribution in [1.82, 2.24) is 0 Å². The van der Waals surface area contributed by atoms with E-state index in [1.807, 2.05) is 0 Å². The molecule has 1 radical (unpaired) electrons. The molecule has 19 nitrogen and oxygen atoms in total. The summed E-state index contributed by atoms with van der Waals surface area (Å²) in [5, 5.41) is 13.9. The Morgan fingerprint density at radius 2 is 0.360 bits per heavy atom. The Bertz CT molecular complexity index is 50.4. The second-order valence-corrected chi connectivity index (χ2v) is 0.283. The second-order valence-electron chi connectivity index (χ2n) is 0.283. The molecule has 0 saturated heterocycles. The number of carbonyl (C=O) groups is 1. The van der Waals surface area contributed by atoms with Gasteiger partial charge >= 0.3 is 115 Å². The summed E-state index contributed by atoms with van der Waals surface area (Å²) in [6.45, 7) is 0. The maximum atomic E-state index is 8.56. The number of carboxylic acid groups (broad SMARTS) is 2. The summed E-state index contributed by atoms with van der Waals surface area (Å²) in [6.07, 6.45) is -1.83. The molecular weight excluding hydrogens is 469 g/mol. The van der Waals surface area contributed by atoms with E-state index < -0.39 is 6.16 Å². The van der Waals surface area contributed by atoms with Gasteiger partial charge in [0.05, 0.1) is 0 Å². The summed E-state index contributed by atoms with van der Waals surface area (Å²) in [5.41, 5.74) is 0. The SMILES string of the molecule is O=C(O)O.[Fe+3].[Mg+2].[Mg+2].[Mg+2].[Mg+2].[OH-].[OH-].[OH-].[OH-].[OH-].[OH-].[OH-].[OH-].[OH-].[OH-].[OH-].[OH-].[OH-].[OH-].[OH-].[OH-]. The Balaban J connectivity index is -0.000000000214. The predicted molar refractivity (Wildman–Crippen MR) is 64.6 cm³/mol. The number of rotatable bonds is 0. The summed E-state index contributed by atoms with van der Waals surface area (Å²) in [4.78, 5) is 8.56. The molecule has 0 aliphatic carbocycles. The van der Waals surface area contributed by atoms with Gasteiger partial charge in [-0.3, -0.25) is 0 Å². The van der Waals surface area contributed by atoms with Gasteiger partial charge in [0.25, 0.3) is 0 Å². The second kappa shape index (κ2) is 613. The average molecular weight is 487 g/mol. The van der Waals surface area contributed by atoms with Crippen LogP contribution < -0.4 is 0 Å². The van der Waals surface area contributed by atoms with E-state index in [1.54, 1.807) is 0 Å². The zero-order chi connectivity index (χ0) is 3.58. The minimum Gasteiger partial charge on any atom is -0.870 e. The molecule has 0 spiro atoms. The van der Waals surface area contributed by atoms with E-state index in [9.17, 15) is 0 Å². The molecule has 0 fully saturated rings.